The number of esters is 1. The Morgan fingerprint density at radius 2 is 1.74 bits per heavy atom. The fourth-order valence-corrected chi connectivity index (χ4v) is 5.18. The lowest BCUT2D eigenvalue weighted by Gasteiger charge is -2.11. The van der Waals surface area contributed by atoms with Gasteiger partial charge in [-0.2, -0.15) is 5.26 Å². The van der Waals surface area contributed by atoms with Crippen molar-refractivity contribution in [3.63, 3.8) is 0 Å². The van der Waals surface area contributed by atoms with Gasteiger partial charge >= 0.3 is 5.97 Å². The minimum Gasteiger partial charge on any atom is -0.423 e. The molecule has 1 aromatic heterocycles. The Bertz CT molecular complexity index is 1360. The highest BCUT2D eigenvalue weighted by Crippen LogP contribution is 2.38. The van der Waals surface area contributed by atoms with Crippen LogP contribution in [0.1, 0.15) is 55.1 Å². The number of carbonyl (C=O) groups excluding carboxylic acids is 3. The number of primary amides is 1. The Balaban J connectivity index is 1.48. The number of nitrogens with one attached hydrogen (secondary N) is 1. The van der Waals surface area contributed by atoms with E-state index >= 15 is 0 Å². The summed E-state index contributed by atoms with van der Waals surface area (Å²) in [6.07, 6.45) is 5.02. The third kappa shape index (κ3) is 5.48. The molecule has 3 aromatic rings. The molecule has 0 fully saturated rings. The van der Waals surface area contributed by atoms with E-state index < -0.39 is 17.8 Å². The van der Waals surface area contributed by atoms with Crippen LogP contribution in [0.15, 0.2) is 54.1 Å². The van der Waals surface area contributed by atoms with Gasteiger partial charge in [0.05, 0.1) is 11.1 Å². The molecule has 0 aliphatic heterocycles. The Kier molecular flexibility index (Phi) is 7.09. The van der Waals surface area contributed by atoms with Crippen LogP contribution < -0.4 is 15.8 Å². The minimum absolute atomic E-state index is 0.129. The molecule has 35 heavy (non-hydrogen) atoms. The molecule has 0 unspecified atom stereocenters. The van der Waals surface area contributed by atoms with Crippen LogP contribution >= 0.6 is 11.3 Å². The number of aryl methyl sites for hydroxylation is 2. The van der Waals surface area contributed by atoms with Gasteiger partial charge in [0.25, 0.3) is 11.8 Å². The molecule has 0 bridgehead atoms. The van der Waals surface area contributed by atoms with E-state index in [1.54, 1.807) is 36.4 Å². The fourth-order valence-electron chi connectivity index (χ4n) is 3.89. The maximum Gasteiger partial charge on any atom is 0.343 e. The number of anilines is 1. The maximum absolute atomic E-state index is 12.8. The van der Waals surface area contributed by atoms with Crippen LogP contribution in [0.5, 0.6) is 5.75 Å². The fraction of sp³-hybridized carbons (Fsp3) is 0.185. The van der Waals surface area contributed by atoms with Gasteiger partial charge in [-0.3, -0.25) is 9.59 Å². The highest BCUT2D eigenvalue weighted by atomic mass is 32.1. The summed E-state index contributed by atoms with van der Waals surface area (Å²) in [5.41, 5.74) is 8.76. The van der Waals surface area contributed by atoms with Crippen molar-refractivity contribution in [2.45, 2.75) is 32.6 Å². The van der Waals surface area contributed by atoms with Crippen molar-refractivity contribution < 1.29 is 19.1 Å². The molecule has 0 saturated carbocycles. The highest BCUT2D eigenvalue weighted by molar-refractivity contribution is 7.17. The summed E-state index contributed by atoms with van der Waals surface area (Å²) in [6.45, 7) is 1.93. The van der Waals surface area contributed by atoms with Crippen molar-refractivity contribution in [1.29, 1.82) is 5.26 Å². The van der Waals surface area contributed by atoms with Gasteiger partial charge in [-0.15, -0.1) is 11.3 Å². The van der Waals surface area contributed by atoms with E-state index in [0.29, 0.717) is 27.4 Å². The number of nitrogens with zero attached hydrogens (tertiary/aromatic N) is 1. The second-order valence-electron chi connectivity index (χ2n) is 8.23. The number of benzene rings is 2. The molecule has 176 valence electrons. The second-order valence-corrected chi connectivity index (χ2v) is 9.33. The number of thiophene rings is 1. The van der Waals surface area contributed by atoms with Gasteiger partial charge in [-0.05, 0) is 74.1 Å². The largest absolute Gasteiger partial charge is 0.423 e. The number of carbonyl (C=O) groups is 3. The lowest BCUT2D eigenvalue weighted by atomic mass is 9.95. The molecule has 1 aliphatic carbocycles. The molecule has 2 aromatic carbocycles. The molecule has 4 rings (SSSR count). The highest BCUT2D eigenvalue weighted by Gasteiger charge is 2.25. The summed E-state index contributed by atoms with van der Waals surface area (Å²) in [5, 5.41) is 12.6. The molecule has 7 nitrogen and oxygen atoms in total. The Morgan fingerprint density at radius 1 is 1.06 bits per heavy atom. The van der Waals surface area contributed by atoms with E-state index in [1.807, 2.05) is 25.1 Å². The zero-order valence-electron chi connectivity index (χ0n) is 19.1. The summed E-state index contributed by atoms with van der Waals surface area (Å²) in [5.74, 6) is -1.35. The molecular weight excluding hydrogens is 462 g/mol. The Labute approximate surface area is 206 Å². The SMILES string of the molecule is Cc1ccc(C(=O)Oc2ccc(/C=C(\C#N)C(=O)Nc3sc4c(c3C(N)=O)CCCC4)cc2)cc1. The van der Waals surface area contributed by atoms with Crippen LogP contribution in [-0.2, 0) is 17.6 Å². The normalized spacial score (nSPS) is 12.9. The van der Waals surface area contributed by atoms with E-state index in [0.717, 1.165) is 41.7 Å². The molecule has 0 spiro atoms. The molecular formula is C27H23N3O4S. The zero-order valence-corrected chi connectivity index (χ0v) is 19.9. The van der Waals surface area contributed by atoms with Crippen LogP contribution in [0.25, 0.3) is 6.08 Å². The van der Waals surface area contributed by atoms with Crippen molar-refractivity contribution in [2.24, 2.45) is 5.73 Å². The number of amides is 2. The predicted molar refractivity (Wildman–Crippen MR) is 134 cm³/mol. The van der Waals surface area contributed by atoms with Crippen LogP contribution in [-0.4, -0.2) is 17.8 Å². The molecule has 0 radical (unpaired) electrons. The topological polar surface area (TPSA) is 122 Å². The lowest BCUT2D eigenvalue weighted by molar-refractivity contribution is -0.112. The van der Waals surface area contributed by atoms with Crippen LogP contribution in [0.2, 0.25) is 0 Å². The molecule has 2 amide bonds. The van der Waals surface area contributed by atoms with Gasteiger partial charge in [-0.25, -0.2) is 4.79 Å². The number of nitriles is 1. The number of hydrogen-bond acceptors (Lipinski definition) is 6. The summed E-state index contributed by atoms with van der Waals surface area (Å²) in [7, 11) is 0. The van der Waals surface area contributed by atoms with Gasteiger partial charge in [0.2, 0.25) is 0 Å². The van der Waals surface area contributed by atoms with E-state index in [4.69, 9.17) is 10.5 Å². The van der Waals surface area contributed by atoms with Crippen molar-refractivity contribution in [3.05, 3.63) is 86.8 Å². The number of hydrogen-bond donors (Lipinski definition) is 2. The van der Waals surface area contributed by atoms with E-state index in [1.165, 1.54) is 17.4 Å². The maximum atomic E-state index is 12.8. The van der Waals surface area contributed by atoms with Crippen LogP contribution in [0.4, 0.5) is 5.00 Å². The third-order valence-corrected chi connectivity index (χ3v) is 6.91. The summed E-state index contributed by atoms with van der Waals surface area (Å²) < 4.78 is 5.38. The van der Waals surface area contributed by atoms with Gasteiger partial charge in [0.1, 0.15) is 22.4 Å². The van der Waals surface area contributed by atoms with Gasteiger partial charge in [-0.1, -0.05) is 29.8 Å². The number of rotatable bonds is 6. The van der Waals surface area contributed by atoms with Gasteiger partial charge in [0, 0.05) is 4.88 Å². The Morgan fingerprint density at radius 3 is 2.40 bits per heavy atom. The number of nitrogens with two attached hydrogens (primary N) is 1. The first kappa shape index (κ1) is 23.9. The standard InChI is InChI=1S/C27H23N3O4S/c1-16-6-10-18(11-7-16)27(33)34-20-12-8-17(9-13-20)14-19(15-28)25(32)30-26-23(24(29)31)21-4-2-3-5-22(21)35-26/h6-14H,2-5H2,1H3,(H2,29,31)(H,30,32)/b19-14+. The van der Waals surface area contributed by atoms with Crippen LogP contribution in [0, 0.1) is 18.3 Å². The average molecular weight is 486 g/mol. The van der Waals surface area contributed by atoms with Crippen molar-refractivity contribution in [2.75, 3.05) is 5.32 Å². The number of fused-ring (bicyclic) bond motifs is 1. The molecule has 1 heterocycles. The molecule has 0 atom stereocenters. The smallest absolute Gasteiger partial charge is 0.343 e. The first-order valence-corrected chi connectivity index (χ1v) is 11.9. The molecule has 1 aliphatic rings. The van der Waals surface area contributed by atoms with Crippen molar-refractivity contribution in [3.8, 4) is 11.8 Å². The lowest BCUT2D eigenvalue weighted by Crippen LogP contribution is -2.19. The van der Waals surface area contributed by atoms with Crippen molar-refractivity contribution in [1.82, 2.24) is 0 Å². The Hall–Kier alpha value is -4.22. The summed E-state index contributed by atoms with van der Waals surface area (Å²) in [4.78, 5) is 38.2. The van der Waals surface area contributed by atoms with Crippen LogP contribution in [0.3, 0.4) is 0 Å². The minimum atomic E-state index is -0.622. The van der Waals surface area contributed by atoms with E-state index in [9.17, 15) is 19.6 Å². The second kappa shape index (κ2) is 10.4. The monoisotopic (exact) mass is 485 g/mol. The van der Waals surface area contributed by atoms with Gasteiger partial charge < -0.3 is 15.8 Å². The summed E-state index contributed by atoms with van der Waals surface area (Å²) >= 11 is 1.34. The quantitative estimate of drug-likeness (QED) is 0.225. The molecule has 8 heteroatoms. The van der Waals surface area contributed by atoms with E-state index in [2.05, 4.69) is 5.32 Å². The first-order chi connectivity index (χ1) is 16.9. The molecule has 0 saturated heterocycles. The average Bonchev–Trinajstić information content (AvgIpc) is 3.21. The van der Waals surface area contributed by atoms with Gasteiger partial charge in [0.15, 0.2) is 0 Å². The summed E-state index contributed by atoms with van der Waals surface area (Å²) in [6, 6.07) is 15.4. The third-order valence-electron chi connectivity index (χ3n) is 5.70. The first-order valence-electron chi connectivity index (χ1n) is 11.1. The zero-order chi connectivity index (χ0) is 24.9. The van der Waals surface area contributed by atoms with Crippen molar-refractivity contribution >= 4 is 40.2 Å². The molecule has 3 N–H and O–H groups in total. The number of ether oxygens (including phenoxy) is 1. The van der Waals surface area contributed by atoms with E-state index in [-0.39, 0.29) is 5.57 Å². The predicted octanol–water partition coefficient (Wildman–Crippen LogP) is 4.80.